The Balaban J connectivity index is 0.000000170. The van der Waals surface area contributed by atoms with E-state index in [1.54, 1.807) is 26.0 Å². The van der Waals surface area contributed by atoms with Crippen molar-refractivity contribution in [1.29, 1.82) is 0 Å². The Bertz CT molecular complexity index is 1930. The molecule has 7 fully saturated rings. The number of carbonyl (C=O) groups is 4. The molecule has 0 aromatic rings. The minimum atomic E-state index is -2.14. The van der Waals surface area contributed by atoms with Gasteiger partial charge in [-0.25, -0.2) is 8.78 Å². The molecule has 60 heavy (non-hydrogen) atoms. The van der Waals surface area contributed by atoms with E-state index in [1.807, 2.05) is 19.9 Å². The first-order chi connectivity index (χ1) is 28.1. The maximum Gasteiger partial charge on any atom is 0.312 e. The molecule has 0 bridgehead atoms. The number of Topliss-reactive ketones (excluding diaryl/α,β-unsaturated/α-hetero) is 1. The number of methoxy groups -OCH3 is 1. The van der Waals surface area contributed by atoms with Crippen molar-refractivity contribution in [2.75, 3.05) is 13.7 Å². The second-order valence-corrected chi connectivity index (χ2v) is 21.3. The summed E-state index contributed by atoms with van der Waals surface area (Å²) < 4.78 is 50.4. The van der Waals surface area contributed by atoms with Crippen LogP contribution in [0.15, 0.2) is 35.5 Å². The van der Waals surface area contributed by atoms with Crippen LogP contribution in [0.4, 0.5) is 8.78 Å². The number of fused-ring (bicyclic) bond motifs is 12. The van der Waals surface area contributed by atoms with Gasteiger partial charge < -0.3 is 29.5 Å². The van der Waals surface area contributed by atoms with Crippen molar-refractivity contribution < 1.29 is 57.5 Å². The number of hydrogen-bond donors (Lipinski definition) is 3. The van der Waals surface area contributed by atoms with Crippen LogP contribution < -0.4 is 0 Å². The molecule has 6 saturated carbocycles. The van der Waals surface area contributed by atoms with E-state index >= 15 is 8.78 Å². The van der Waals surface area contributed by atoms with Crippen LogP contribution in [0.5, 0.6) is 0 Å². The third kappa shape index (κ3) is 5.44. The summed E-state index contributed by atoms with van der Waals surface area (Å²) in [5.74, 6) is -1.12. The summed E-state index contributed by atoms with van der Waals surface area (Å²) in [7, 11) is 1.47. The number of carbonyl (C=O) groups excluding carboxylic acids is 4. The predicted octanol–water partition coefficient (Wildman–Crippen LogP) is 6.67. The molecule has 9 aliphatic rings. The Kier molecular flexibility index (Phi) is 10.6. The summed E-state index contributed by atoms with van der Waals surface area (Å²) in [6.07, 6.45) is 7.11. The zero-order valence-electron chi connectivity index (χ0n) is 36.6. The SMILES string of the molecule is CCC[C@@H]1O[C@@H]2C[C@H]3[C@@H]4C[C@H](F)C5=CC(=O)CC[C@]5(C)[C@@]4(F)[C@@H](O)C[C@]3(C)[C@]2(C(=O)CO)O1.COC(=O)[C@@]1(C)[C@H](C)C[C@H]2[C@@H]3CCC4=CC(=O)C=C[C@]4(C)[C@H]3[C@@H](O)C[C@@]21C. The highest BCUT2D eigenvalue weighted by molar-refractivity contribution is 6.01. The van der Waals surface area contributed by atoms with Crippen LogP contribution in [-0.4, -0.2) is 94.4 Å². The monoisotopic (exact) mass is 840 g/mol. The number of aliphatic hydroxyl groups excluding tert-OH is 3. The summed E-state index contributed by atoms with van der Waals surface area (Å²) in [4.78, 5) is 50.0. The highest BCUT2D eigenvalue weighted by atomic mass is 19.1. The van der Waals surface area contributed by atoms with Gasteiger partial charge in [0.25, 0.3) is 0 Å². The molecule has 3 N–H and O–H groups in total. The Morgan fingerprint density at radius 3 is 2.35 bits per heavy atom. The van der Waals surface area contributed by atoms with Crippen molar-refractivity contribution in [2.45, 2.75) is 161 Å². The minimum Gasteiger partial charge on any atom is -0.469 e. The van der Waals surface area contributed by atoms with Gasteiger partial charge in [-0.3, -0.25) is 19.2 Å². The molecule has 0 radical (unpaired) electrons. The van der Waals surface area contributed by atoms with Gasteiger partial charge in [0.15, 0.2) is 29.2 Å². The standard InChI is InChI=1S/C25H34F2O6.C23H32O4/c1-4-5-21-32-20-10-14-15-9-17(26)16-8-13(29)6-7-22(16,2)24(15,27)18(30)11-23(14,3)25(20,33-21)19(31)12-28;1-13-10-17-16-7-6-14-11-15(24)8-9-21(14,2)19(16)18(25)12-22(17,3)23(13,4)20(26)27-5/h8,14-15,17-18,20-21,28,30H,4-7,9-12H2,1-3H3;8-9,11,13,16-19,25H,6-7,10,12H2,1-5H3/t14-,15-,17-,18-,20+,21+,22-,23-,24-,25+;13-,16+,17+,18+,19-,21+,22+,23-/m01/s1. The molecule has 332 valence electrons. The number of esters is 1. The van der Waals surface area contributed by atoms with E-state index in [0.29, 0.717) is 31.1 Å². The molecule has 8 aliphatic carbocycles. The lowest BCUT2D eigenvalue weighted by atomic mass is 9.43. The topological polar surface area (TPSA) is 157 Å². The molecular weight excluding hydrogens is 775 g/mol. The number of rotatable bonds is 5. The lowest BCUT2D eigenvalue weighted by Gasteiger charge is -2.64. The van der Waals surface area contributed by atoms with Crippen molar-refractivity contribution in [2.24, 2.45) is 62.6 Å². The number of ether oxygens (including phenoxy) is 3. The molecule has 12 heteroatoms. The van der Waals surface area contributed by atoms with Gasteiger partial charge in [0.1, 0.15) is 18.4 Å². The normalized spacial score (nSPS) is 52.2. The van der Waals surface area contributed by atoms with E-state index in [2.05, 4.69) is 20.8 Å². The first kappa shape index (κ1) is 44.0. The van der Waals surface area contributed by atoms with Crippen molar-refractivity contribution in [3.8, 4) is 0 Å². The average Bonchev–Trinajstić information content (AvgIpc) is 3.76. The first-order valence-electron chi connectivity index (χ1n) is 22.5. The number of ketones is 3. The van der Waals surface area contributed by atoms with Crippen molar-refractivity contribution in [3.63, 3.8) is 0 Å². The van der Waals surface area contributed by atoms with Gasteiger partial charge in [0.2, 0.25) is 0 Å². The largest absolute Gasteiger partial charge is 0.469 e. The molecule has 1 heterocycles. The van der Waals surface area contributed by atoms with Crippen LogP contribution >= 0.6 is 0 Å². The molecule has 0 spiro atoms. The van der Waals surface area contributed by atoms with Crippen LogP contribution in [0.25, 0.3) is 0 Å². The Labute approximate surface area is 352 Å². The molecular formula is C48H66F2O10. The molecule has 0 aromatic carbocycles. The molecule has 18 atom stereocenters. The molecule has 1 saturated heterocycles. The summed E-state index contributed by atoms with van der Waals surface area (Å²) in [5, 5.41) is 32.6. The van der Waals surface area contributed by atoms with E-state index in [-0.39, 0.29) is 71.5 Å². The van der Waals surface area contributed by atoms with E-state index < -0.39 is 82.5 Å². The average molecular weight is 841 g/mol. The summed E-state index contributed by atoms with van der Waals surface area (Å²) in [6, 6.07) is 0. The number of hydrogen-bond acceptors (Lipinski definition) is 10. The molecule has 1 aliphatic heterocycles. The second-order valence-electron chi connectivity index (χ2n) is 21.3. The summed E-state index contributed by atoms with van der Waals surface area (Å²) in [5.41, 5.74) is -5.76. The van der Waals surface area contributed by atoms with E-state index in [9.17, 15) is 34.5 Å². The van der Waals surface area contributed by atoms with Gasteiger partial charge in [0.05, 0.1) is 30.8 Å². The Morgan fingerprint density at radius 2 is 1.68 bits per heavy atom. The first-order valence-corrected chi connectivity index (χ1v) is 22.5. The zero-order valence-corrected chi connectivity index (χ0v) is 36.6. The number of allylic oxidation sites excluding steroid dienone is 5. The van der Waals surface area contributed by atoms with E-state index in [1.165, 1.54) is 18.8 Å². The maximum absolute atomic E-state index is 17.2. The predicted molar refractivity (Wildman–Crippen MR) is 216 cm³/mol. The smallest absolute Gasteiger partial charge is 0.312 e. The van der Waals surface area contributed by atoms with E-state index in [0.717, 1.165) is 25.7 Å². The van der Waals surface area contributed by atoms with Gasteiger partial charge in [-0.05, 0) is 118 Å². The fourth-order valence-electron chi connectivity index (χ4n) is 15.9. The van der Waals surface area contributed by atoms with Gasteiger partial charge >= 0.3 is 5.97 Å². The van der Waals surface area contributed by atoms with Crippen LogP contribution in [0, 0.1) is 62.6 Å². The fourth-order valence-corrected chi connectivity index (χ4v) is 15.9. The third-order valence-corrected chi connectivity index (χ3v) is 19.2. The molecule has 10 nitrogen and oxygen atoms in total. The Morgan fingerprint density at radius 1 is 0.967 bits per heavy atom. The highest BCUT2D eigenvalue weighted by Crippen LogP contribution is 2.74. The van der Waals surface area contributed by atoms with Gasteiger partial charge in [-0.1, -0.05) is 59.6 Å². The molecule has 0 aromatic heterocycles. The van der Waals surface area contributed by atoms with Gasteiger partial charge in [-0.15, -0.1) is 0 Å². The van der Waals surface area contributed by atoms with Crippen LogP contribution in [0.3, 0.4) is 0 Å². The van der Waals surface area contributed by atoms with Crippen LogP contribution in [0.2, 0.25) is 0 Å². The maximum atomic E-state index is 17.2. The van der Waals surface area contributed by atoms with Gasteiger partial charge in [0, 0.05) is 34.5 Å². The highest BCUT2D eigenvalue weighted by Gasteiger charge is 2.80. The zero-order chi connectivity index (χ0) is 43.7. The van der Waals surface area contributed by atoms with E-state index in [4.69, 9.17) is 14.2 Å². The van der Waals surface area contributed by atoms with Crippen molar-refractivity contribution >= 4 is 23.3 Å². The van der Waals surface area contributed by atoms with Crippen molar-refractivity contribution in [1.82, 2.24) is 0 Å². The number of alkyl halides is 2. The lowest BCUT2D eigenvalue weighted by molar-refractivity contribution is -0.242. The molecule has 9 rings (SSSR count). The summed E-state index contributed by atoms with van der Waals surface area (Å²) in [6.45, 7) is 13.2. The fraction of sp³-hybridized carbons (Fsp3) is 0.792. The van der Waals surface area contributed by atoms with Gasteiger partial charge in [-0.2, -0.15) is 0 Å². The van der Waals surface area contributed by atoms with Crippen molar-refractivity contribution in [3.05, 3.63) is 35.5 Å². The number of aliphatic hydroxyl groups is 3. The summed E-state index contributed by atoms with van der Waals surface area (Å²) >= 11 is 0. The molecule has 0 unspecified atom stereocenters. The third-order valence-electron chi connectivity index (χ3n) is 19.2. The van der Waals surface area contributed by atoms with Crippen LogP contribution in [0.1, 0.15) is 119 Å². The van der Waals surface area contributed by atoms with Crippen LogP contribution in [-0.2, 0) is 33.4 Å². The Hall–Kier alpha value is -2.64. The minimum absolute atomic E-state index is 0.0591. The quantitative estimate of drug-likeness (QED) is 0.256. The molecule has 0 amide bonds. The lowest BCUT2D eigenvalue weighted by Crippen LogP contribution is -2.71. The number of halogens is 2. The second kappa shape index (κ2) is 14.4.